The third-order valence-corrected chi connectivity index (χ3v) is 5.42. The highest BCUT2D eigenvalue weighted by molar-refractivity contribution is 5.89. The molecule has 4 amide bonds. The Kier molecular flexibility index (Phi) is 10.6. The van der Waals surface area contributed by atoms with E-state index in [1.807, 2.05) is 13.8 Å². The van der Waals surface area contributed by atoms with E-state index in [-0.39, 0.29) is 23.7 Å². The molecule has 1 saturated carbocycles. The lowest BCUT2D eigenvalue weighted by atomic mass is 9.81. The average Bonchev–Trinajstić information content (AvgIpc) is 2.68. The lowest BCUT2D eigenvalue weighted by Crippen LogP contribution is -2.51. The summed E-state index contributed by atoms with van der Waals surface area (Å²) >= 11 is 0. The number of primary amides is 1. The van der Waals surface area contributed by atoms with Crippen molar-refractivity contribution >= 4 is 29.8 Å². The standard InChI is InChI=1S/C22H38N4O7/c1-12(2)17(26-21(32)33-22(3,4)5)19(29)24-11-13-6-8-14(9-7-13)18(28)25-15(20(30)31)10-16(23)27/h12-15,17H,6-11H2,1-5H3,(H2,23,27)(H,24,29)(H,25,28)(H,26,32)(H,30,31)/t13?,14?,15-,17-/m1/s1. The van der Waals surface area contributed by atoms with Gasteiger partial charge in [-0.25, -0.2) is 9.59 Å². The number of carboxylic acid groups (broad SMARTS) is 1. The summed E-state index contributed by atoms with van der Waals surface area (Å²) < 4.78 is 5.23. The molecule has 0 aromatic carbocycles. The molecule has 0 aromatic heterocycles. The highest BCUT2D eigenvalue weighted by Crippen LogP contribution is 2.28. The predicted molar refractivity (Wildman–Crippen MR) is 120 cm³/mol. The molecule has 2 atom stereocenters. The number of nitrogens with two attached hydrogens (primary N) is 1. The smallest absolute Gasteiger partial charge is 0.408 e. The van der Waals surface area contributed by atoms with Crippen LogP contribution in [0, 0.1) is 17.8 Å². The summed E-state index contributed by atoms with van der Waals surface area (Å²) in [5.74, 6) is -3.16. The van der Waals surface area contributed by atoms with Crippen LogP contribution >= 0.6 is 0 Å². The molecule has 33 heavy (non-hydrogen) atoms. The van der Waals surface area contributed by atoms with Crippen LogP contribution in [0.15, 0.2) is 0 Å². The van der Waals surface area contributed by atoms with Crippen molar-refractivity contribution in [3.63, 3.8) is 0 Å². The predicted octanol–water partition coefficient (Wildman–Crippen LogP) is 0.903. The van der Waals surface area contributed by atoms with Crippen molar-refractivity contribution in [2.75, 3.05) is 6.54 Å². The Hall–Kier alpha value is -2.85. The van der Waals surface area contributed by atoms with Gasteiger partial charge in [-0.3, -0.25) is 14.4 Å². The van der Waals surface area contributed by atoms with E-state index in [2.05, 4.69) is 16.0 Å². The lowest BCUT2D eigenvalue weighted by Gasteiger charge is -2.30. The molecule has 1 aliphatic rings. The van der Waals surface area contributed by atoms with Gasteiger partial charge in [0.05, 0.1) is 6.42 Å². The van der Waals surface area contributed by atoms with E-state index in [0.29, 0.717) is 32.2 Å². The van der Waals surface area contributed by atoms with E-state index >= 15 is 0 Å². The summed E-state index contributed by atoms with van der Waals surface area (Å²) in [5, 5.41) is 17.0. The van der Waals surface area contributed by atoms with Crippen LogP contribution in [0.4, 0.5) is 4.79 Å². The van der Waals surface area contributed by atoms with Gasteiger partial charge in [0.1, 0.15) is 17.7 Å². The largest absolute Gasteiger partial charge is 0.480 e. The molecule has 0 bridgehead atoms. The molecular weight excluding hydrogens is 432 g/mol. The maximum absolute atomic E-state index is 12.6. The second-order valence-corrected chi connectivity index (χ2v) is 9.90. The maximum atomic E-state index is 12.6. The first-order chi connectivity index (χ1) is 15.2. The Balaban J connectivity index is 2.50. The number of carbonyl (C=O) groups excluding carboxylic acids is 4. The number of aliphatic carboxylic acids is 1. The Bertz CT molecular complexity index is 725. The van der Waals surface area contributed by atoms with Gasteiger partial charge in [0.15, 0.2) is 0 Å². The fraction of sp³-hybridized carbons (Fsp3) is 0.773. The summed E-state index contributed by atoms with van der Waals surface area (Å²) in [4.78, 5) is 59.3. The van der Waals surface area contributed by atoms with E-state index in [1.165, 1.54) is 0 Å². The lowest BCUT2D eigenvalue weighted by molar-refractivity contribution is -0.144. The van der Waals surface area contributed by atoms with Gasteiger partial charge in [-0.2, -0.15) is 0 Å². The summed E-state index contributed by atoms with van der Waals surface area (Å²) in [7, 11) is 0. The third kappa shape index (κ3) is 10.5. The van der Waals surface area contributed by atoms with Gasteiger partial charge in [-0.05, 0) is 58.3 Å². The molecular formula is C22H38N4O7. The number of nitrogens with one attached hydrogen (secondary N) is 3. The van der Waals surface area contributed by atoms with Crippen molar-refractivity contribution in [2.45, 2.75) is 84.4 Å². The monoisotopic (exact) mass is 470 g/mol. The van der Waals surface area contributed by atoms with Crippen molar-refractivity contribution < 1.29 is 33.8 Å². The van der Waals surface area contributed by atoms with E-state index in [0.717, 1.165) is 0 Å². The molecule has 11 nitrogen and oxygen atoms in total. The fourth-order valence-electron chi connectivity index (χ4n) is 3.64. The average molecular weight is 471 g/mol. The van der Waals surface area contributed by atoms with Gasteiger partial charge in [-0.15, -0.1) is 0 Å². The number of rotatable bonds is 10. The number of hydrogen-bond donors (Lipinski definition) is 5. The summed E-state index contributed by atoms with van der Waals surface area (Å²) in [5.41, 5.74) is 4.37. The molecule has 0 saturated heterocycles. The number of alkyl carbamates (subject to hydrolysis) is 1. The Morgan fingerprint density at radius 2 is 1.61 bits per heavy atom. The van der Waals surface area contributed by atoms with Crippen LogP contribution in [0.3, 0.4) is 0 Å². The minimum Gasteiger partial charge on any atom is -0.480 e. The van der Waals surface area contributed by atoms with Crippen molar-refractivity contribution in [2.24, 2.45) is 23.5 Å². The SMILES string of the molecule is CC(C)[C@@H](NC(=O)OC(C)(C)C)C(=O)NCC1CCC(C(=O)N[C@H](CC(N)=O)C(=O)O)CC1. The molecule has 0 aliphatic heterocycles. The molecule has 0 heterocycles. The summed E-state index contributed by atoms with van der Waals surface area (Å²) in [6.07, 6.45) is 1.32. The number of carboxylic acids is 1. The normalized spacial score (nSPS) is 20.3. The summed E-state index contributed by atoms with van der Waals surface area (Å²) in [6.45, 7) is 9.29. The zero-order chi connectivity index (χ0) is 25.3. The molecule has 1 fully saturated rings. The zero-order valence-corrected chi connectivity index (χ0v) is 20.1. The van der Waals surface area contributed by atoms with Crippen LogP contribution in [0.2, 0.25) is 0 Å². The number of amides is 4. The molecule has 0 aromatic rings. The summed E-state index contributed by atoms with van der Waals surface area (Å²) in [6, 6.07) is -2.07. The Morgan fingerprint density at radius 3 is 2.06 bits per heavy atom. The molecule has 0 spiro atoms. The van der Waals surface area contributed by atoms with Gasteiger partial charge in [0.25, 0.3) is 0 Å². The van der Waals surface area contributed by atoms with Crippen LogP contribution < -0.4 is 21.7 Å². The Morgan fingerprint density at radius 1 is 1.03 bits per heavy atom. The zero-order valence-electron chi connectivity index (χ0n) is 20.1. The number of ether oxygens (including phenoxy) is 1. The van der Waals surface area contributed by atoms with Gasteiger partial charge in [0.2, 0.25) is 17.7 Å². The highest BCUT2D eigenvalue weighted by atomic mass is 16.6. The molecule has 11 heteroatoms. The van der Waals surface area contributed by atoms with Crippen molar-refractivity contribution in [1.82, 2.24) is 16.0 Å². The van der Waals surface area contributed by atoms with Gasteiger partial charge in [-0.1, -0.05) is 13.8 Å². The molecule has 0 radical (unpaired) electrons. The minimum absolute atomic E-state index is 0.139. The van der Waals surface area contributed by atoms with E-state index in [1.54, 1.807) is 20.8 Å². The quantitative estimate of drug-likeness (QED) is 0.315. The van der Waals surface area contributed by atoms with Crippen molar-refractivity contribution in [3.05, 3.63) is 0 Å². The molecule has 0 unspecified atom stereocenters. The first-order valence-electron chi connectivity index (χ1n) is 11.3. The van der Waals surface area contributed by atoms with Gasteiger partial charge >= 0.3 is 12.1 Å². The van der Waals surface area contributed by atoms with Crippen molar-refractivity contribution in [1.29, 1.82) is 0 Å². The van der Waals surface area contributed by atoms with Crippen molar-refractivity contribution in [3.8, 4) is 0 Å². The fourth-order valence-corrected chi connectivity index (χ4v) is 3.64. The minimum atomic E-state index is -1.34. The molecule has 1 rings (SSSR count). The molecule has 6 N–H and O–H groups in total. The van der Waals surface area contributed by atoms with Crippen LogP contribution in [-0.4, -0.2) is 59.1 Å². The van der Waals surface area contributed by atoms with E-state index < -0.39 is 48.0 Å². The maximum Gasteiger partial charge on any atom is 0.408 e. The third-order valence-electron chi connectivity index (χ3n) is 5.42. The van der Waals surface area contributed by atoms with E-state index in [4.69, 9.17) is 15.6 Å². The van der Waals surface area contributed by atoms with E-state index in [9.17, 15) is 24.0 Å². The Labute approximate surface area is 194 Å². The van der Waals surface area contributed by atoms with Crippen LogP contribution in [0.25, 0.3) is 0 Å². The van der Waals surface area contributed by atoms with Gasteiger partial charge in [0, 0.05) is 12.5 Å². The first-order valence-corrected chi connectivity index (χ1v) is 11.3. The molecule has 1 aliphatic carbocycles. The number of carbonyl (C=O) groups is 5. The second-order valence-electron chi connectivity index (χ2n) is 9.90. The van der Waals surface area contributed by atoms with Gasteiger partial charge < -0.3 is 31.5 Å². The van der Waals surface area contributed by atoms with Crippen LogP contribution in [0.5, 0.6) is 0 Å². The topological polar surface area (TPSA) is 177 Å². The highest BCUT2D eigenvalue weighted by Gasteiger charge is 2.31. The number of hydrogen-bond acceptors (Lipinski definition) is 6. The van der Waals surface area contributed by atoms with Crippen LogP contribution in [0.1, 0.15) is 66.7 Å². The first kappa shape index (κ1) is 28.2. The van der Waals surface area contributed by atoms with Crippen LogP contribution in [-0.2, 0) is 23.9 Å². The molecule has 188 valence electrons. The second kappa shape index (κ2) is 12.4.